The van der Waals surface area contributed by atoms with Crippen LogP contribution in [-0.2, 0) is 0 Å². The zero-order valence-electron chi connectivity index (χ0n) is 9.69. The molecule has 1 unspecified atom stereocenters. The van der Waals surface area contributed by atoms with Gasteiger partial charge in [0.1, 0.15) is 5.69 Å². The molecular formula is C11H16N4O2. The zero-order valence-corrected chi connectivity index (χ0v) is 9.69. The molecule has 1 aromatic rings. The van der Waals surface area contributed by atoms with E-state index in [9.17, 15) is 9.59 Å². The van der Waals surface area contributed by atoms with Crippen LogP contribution in [0.4, 0.5) is 0 Å². The van der Waals surface area contributed by atoms with Crippen LogP contribution in [0.1, 0.15) is 30.3 Å². The van der Waals surface area contributed by atoms with Gasteiger partial charge in [-0.25, -0.2) is 5.10 Å². The molecule has 0 radical (unpaired) electrons. The molecule has 92 valence electrons. The number of rotatable bonds is 4. The number of hydrogen-bond acceptors (Lipinski definition) is 4. The fourth-order valence-electron chi connectivity index (χ4n) is 1.83. The van der Waals surface area contributed by atoms with Crippen LogP contribution in [0.15, 0.2) is 16.9 Å². The lowest BCUT2D eigenvalue weighted by Gasteiger charge is -2.29. The molecule has 2 rings (SSSR count). The van der Waals surface area contributed by atoms with Gasteiger partial charge in [-0.1, -0.05) is 0 Å². The first-order valence-electron chi connectivity index (χ1n) is 5.63. The summed E-state index contributed by atoms with van der Waals surface area (Å²) >= 11 is 0. The van der Waals surface area contributed by atoms with Crippen LogP contribution in [0.25, 0.3) is 0 Å². The molecule has 0 bridgehead atoms. The van der Waals surface area contributed by atoms with Crippen LogP contribution in [0.2, 0.25) is 0 Å². The molecule has 0 spiro atoms. The SMILES string of the molecule is CC(CN)(NC(=O)c1ccc(=O)[nH]n1)C1CC1. The summed E-state index contributed by atoms with van der Waals surface area (Å²) in [4.78, 5) is 22.7. The van der Waals surface area contributed by atoms with E-state index in [-0.39, 0.29) is 22.7 Å². The minimum absolute atomic E-state index is 0.199. The van der Waals surface area contributed by atoms with Crippen molar-refractivity contribution in [1.29, 1.82) is 0 Å². The summed E-state index contributed by atoms with van der Waals surface area (Å²) in [6.45, 7) is 2.33. The molecule has 1 atom stereocenters. The fraction of sp³-hybridized carbons (Fsp3) is 0.545. The molecule has 1 amide bonds. The number of aromatic nitrogens is 2. The Hall–Kier alpha value is -1.69. The van der Waals surface area contributed by atoms with E-state index in [0.717, 1.165) is 12.8 Å². The Morgan fingerprint density at radius 2 is 2.35 bits per heavy atom. The molecule has 1 fully saturated rings. The van der Waals surface area contributed by atoms with Gasteiger partial charge in [-0.05, 0) is 31.7 Å². The van der Waals surface area contributed by atoms with Crippen molar-refractivity contribution in [3.05, 3.63) is 28.2 Å². The molecule has 1 heterocycles. The van der Waals surface area contributed by atoms with Gasteiger partial charge in [-0.15, -0.1) is 0 Å². The minimum atomic E-state index is -0.380. The van der Waals surface area contributed by atoms with E-state index in [4.69, 9.17) is 5.73 Å². The standard InChI is InChI=1S/C11H16N4O2/c1-11(6-12,7-2-3-7)13-10(17)8-4-5-9(16)15-14-8/h4-5,7H,2-3,6,12H2,1H3,(H,13,17)(H,15,16). The van der Waals surface area contributed by atoms with Gasteiger partial charge in [0.15, 0.2) is 0 Å². The Labute approximate surface area is 98.6 Å². The third-order valence-electron chi connectivity index (χ3n) is 3.21. The predicted molar refractivity (Wildman–Crippen MR) is 62.5 cm³/mol. The number of carbonyl (C=O) groups is 1. The van der Waals surface area contributed by atoms with E-state index in [1.807, 2.05) is 6.92 Å². The third-order valence-corrected chi connectivity index (χ3v) is 3.21. The van der Waals surface area contributed by atoms with Crippen molar-refractivity contribution in [2.24, 2.45) is 11.7 Å². The van der Waals surface area contributed by atoms with Crippen LogP contribution in [0.3, 0.4) is 0 Å². The van der Waals surface area contributed by atoms with Gasteiger partial charge in [0, 0.05) is 12.6 Å². The zero-order chi connectivity index (χ0) is 12.5. The smallest absolute Gasteiger partial charge is 0.272 e. The van der Waals surface area contributed by atoms with Crippen molar-refractivity contribution in [3.8, 4) is 0 Å². The number of aromatic amines is 1. The highest BCUT2D eigenvalue weighted by Gasteiger charge is 2.41. The van der Waals surface area contributed by atoms with Crippen molar-refractivity contribution >= 4 is 5.91 Å². The van der Waals surface area contributed by atoms with Crippen LogP contribution in [0.5, 0.6) is 0 Å². The van der Waals surface area contributed by atoms with Gasteiger partial charge in [0.25, 0.3) is 11.5 Å². The quantitative estimate of drug-likeness (QED) is 0.663. The normalized spacial score (nSPS) is 18.5. The Morgan fingerprint density at radius 1 is 1.65 bits per heavy atom. The molecule has 6 heteroatoms. The highest BCUT2D eigenvalue weighted by atomic mass is 16.2. The number of amides is 1. The van der Waals surface area contributed by atoms with Gasteiger partial charge >= 0.3 is 0 Å². The fourth-order valence-corrected chi connectivity index (χ4v) is 1.83. The maximum atomic E-state index is 11.9. The van der Waals surface area contributed by atoms with Crippen LogP contribution in [-0.4, -0.2) is 28.2 Å². The second kappa shape index (κ2) is 4.29. The van der Waals surface area contributed by atoms with E-state index >= 15 is 0 Å². The summed E-state index contributed by atoms with van der Waals surface area (Å²) in [5, 5.41) is 8.81. The van der Waals surface area contributed by atoms with Crippen LogP contribution in [0, 0.1) is 5.92 Å². The van der Waals surface area contributed by atoms with E-state index in [1.165, 1.54) is 12.1 Å². The molecule has 4 N–H and O–H groups in total. The molecule has 1 saturated carbocycles. The van der Waals surface area contributed by atoms with Gasteiger partial charge < -0.3 is 11.1 Å². The van der Waals surface area contributed by atoms with Crippen molar-refractivity contribution in [1.82, 2.24) is 15.5 Å². The van der Waals surface area contributed by atoms with E-state index in [0.29, 0.717) is 12.5 Å². The Morgan fingerprint density at radius 3 is 2.82 bits per heavy atom. The maximum Gasteiger partial charge on any atom is 0.272 e. The Balaban J connectivity index is 2.10. The topological polar surface area (TPSA) is 101 Å². The molecule has 17 heavy (non-hydrogen) atoms. The lowest BCUT2D eigenvalue weighted by molar-refractivity contribution is 0.0891. The lowest BCUT2D eigenvalue weighted by atomic mass is 9.96. The minimum Gasteiger partial charge on any atom is -0.344 e. The number of nitrogens with zero attached hydrogens (tertiary/aromatic N) is 1. The molecule has 0 aromatic carbocycles. The predicted octanol–water partition coefficient (Wildman–Crippen LogP) is -0.373. The maximum absolute atomic E-state index is 11.9. The first-order valence-corrected chi connectivity index (χ1v) is 5.63. The molecular weight excluding hydrogens is 220 g/mol. The monoisotopic (exact) mass is 236 g/mol. The number of carbonyl (C=O) groups excluding carboxylic acids is 1. The molecule has 1 aliphatic carbocycles. The molecule has 0 saturated heterocycles. The third kappa shape index (κ3) is 2.52. The lowest BCUT2D eigenvalue weighted by Crippen LogP contribution is -2.53. The second-order valence-electron chi connectivity index (χ2n) is 4.66. The summed E-state index contributed by atoms with van der Waals surface area (Å²) in [6.07, 6.45) is 2.18. The summed E-state index contributed by atoms with van der Waals surface area (Å²) in [6, 6.07) is 2.68. The van der Waals surface area contributed by atoms with Crippen LogP contribution >= 0.6 is 0 Å². The highest BCUT2D eigenvalue weighted by Crippen LogP contribution is 2.39. The molecule has 6 nitrogen and oxygen atoms in total. The average molecular weight is 236 g/mol. The largest absolute Gasteiger partial charge is 0.344 e. The Bertz CT molecular complexity index is 460. The van der Waals surface area contributed by atoms with Crippen LogP contribution < -0.4 is 16.6 Å². The van der Waals surface area contributed by atoms with Crippen molar-refractivity contribution in [3.63, 3.8) is 0 Å². The van der Waals surface area contributed by atoms with Crippen molar-refractivity contribution in [2.45, 2.75) is 25.3 Å². The van der Waals surface area contributed by atoms with E-state index in [2.05, 4.69) is 15.5 Å². The van der Waals surface area contributed by atoms with E-state index in [1.54, 1.807) is 0 Å². The number of nitrogens with one attached hydrogen (secondary N) is 2. The van der Waals surface area contributed by atoms with Crippen molar-refractivity contribution < 1.29 is 4.79 Å². The highest BCUT2D eigenvalue weighted by molar-refractivity contribution is 5.92. The summed E-state index contributed by atoms with van der Waals surface area (Å²) in [5.41, 5.74) is 5.20. The van der Waals surface area contributed by atoms with E-state index < -0.39 is 0 Å². The van der Waals surface area contributed by atoms with Gasteiger partial charge in [0.2, 0.25) is 0 Å². The first-order chi connectivity index (χ1) is 8.05. The first kappa shape index (κ1) is 11.8. The summed E-state index contributed by atoms with van der Waals surface area (Å²) in [7, 11) is 0. The average Bonchev–Trinajstić information content (AvgIpc) is 3.13. The Kier molecular flexibility index (Phi) is 2.97. The molecule has 1 aromatic heterocycles. The van der Waals surface area contributed by atoms with Gasteiger partial charge in [-0.2, -0.15) is 5.10 Å². The number of nitrogens with two attached hydrogens (primary N) is 1. The number of H-pyrrole nitrogens is 1. The number of hydrogen-bond donors (Lipinski definition) is 3. The summed E-state index contributed by atoms with van der Waals surface area (Å²) < 4.78 is 0. The summed E-state index contributed by atoms with van der Waals surface area (Å²) in [5.74, 6) is 0.139. The molecule has 1 aliphatic rings. The second-order valence-corrected chi connectivity index (χ2v) is 4.66. The van der Waals surface area contributed by atoms with Gasteiger partial charge in [-0.3, -0.25) is 9.59 Å². The van der Waals surface area contributed by atoms with Crippen molar-refractivity contribution in [2.75, 3.05) is 6.54 Å². The van der Waals surface area contributed by atoms with Gasteiger partial charge in [0.05, 0.1) is 5.54 Å². The molecule has 0 aliphatic heterocycles.